The molecule has 1 aliphatic rings. The first-order valence-electron chi connectivity index (χ1n) is 7.26. The molecule has 10 heteroatoms. The molecule has 0 unspecified atom stereocenters. The smallest absolute Gasteiger partial charge is 0.382 e. The minimum absolute atomic E-state index is 0.116. The Bertz CT molecular complexity index is 709. The van der Waals surface area contributed by atoms with Crippen LogP contribution in [0, 0.1) is 0 Å². The average molecular weight is 339 g/mol. The Labute approximate surface area is 136 Å². The fraction of sp³-hybridized carbons (Fsp3) is 0.357. The lowest BCUT2D eigenvalue weighted by molar-refractivity contribution is -0.141. The summed E-state index contributed by atoms with van der Waals surface area (Å²) in [6.07, 6.45) is -1.60. The Morgan fingerprint density at radius 3 is 2.12 bits per heavy atom. The van der Waals surface area contributed by atoms with E-state index in [9.17, 15) is 13.2 Å². The molecule has 0 spiro atoms. The highest BCUT2D eigenvalue weighted by Gasteiger charge is 2.32. The van der Waals surface area contributed by atoms with Crippen molar-refractivity contribution >= 4 is 23.1 Å². The molecule has 3 heterocycles. The maximum atomic E-state index is 12.6. The number of hydrogen-bond donors (Lipinski definition) is 2. The molecule has 24 heavy (non-hydrogen) atoms. The quantitative estimate of drug-likeness (QED) is 0.853. The first-order valence-corrected chi connectivity index (χ1v) is 7.26. The molecule has 2 aromatic heterocycles. The van der Waals surface area contributed by atoms with Crippen LogP contribution in [0.3, 0.4) is 0 Å². The Kier molecular flexibility index (Phi) is 4.04. The van der Waals surface area contributed by atoms with Gasteiger partial charge in [0.25, 0.3) is 0 Å². The second-order valence-corrected chi connectivity index (χ2v) is 5.37. The van der Waals surface area contributed by atoms with Gasteiger partial charge in [0.15, 0.2) is 5.82 Å². The predicted molar refractivity (Wildman–Crippen MR) is 84.5 cm³/mol. The van der Waals surface area contributed by atoms with Gasteiger partial charge in [0.1, 0.15) is 5.69 Å². The minimum atomic E-state index is -4.43. The molecule has 1 aliphatic heterocycles. The number of nitrogens with zero attached hydrogens (tertiary/aromatic N) is 5. The molecule has 0 saturated carbocycles. The van der Waals surface area contributed by atoms with Crippen LogP contribution in [0.1, 0.15) is 5.69 Å². The number of pyridine rings is 1. The van der Waals surface area contributed by atoms with Crippen molar-refractivity contribution < 1.29 is 13.2 Å². The molecule has 3 rings (SSSR count). The van der Waals surface area contributed by atoms with Crippen LogP contribution in [0.25, 0.3) is 0 Å². The van der Waals surface area contributed by atoms with Crippen LogP contribution in [0.5, 0.6) is 0 Å². The Hall–Kier alpha value is -2.78. The van der Waals surface area contributed by atoms with E-state index in [1.807, 2.05) is 9.80 Å². The van der Waals surface area contributed by atoms with Gasteiger partial charge in [0.05, 0.1) is 23.8 Å². The van der Waals surface area contributed by atoms with E-state index in [4.69, 9.17) is 11.5 Å². The number of piperazine rings is 1. The summed E-state index contributed by atoms with van der Waals surface area (Å²) in [7, 11) is 0. The van der Waals surface area contributed by atoms with Gasteiger partial charge in [-0.25, -0.2) is 9.97 Å². The van der Waals surface area contributed by atoms with E-state index in [-0.39, 0.29) is 5.95 Å². The summed E-state index contributed by atoms with van der Waals surface area (Å²) in [5, 5.41) is 0. The number of anilines is 4. The lowest BCUT2D eigenvalue weighted by Gasteiger charge is -2.37. The number of rotatable bonds is 2. The van der Waals surface area contributed by atoms with Crippen LogP contribution in [0.4, 0.5) is 36.3 Å². The summed E-state index contributed by atoms with van der Waals surface area (Å²) in [5.74, 6) is 0.429. The van der Waals surface area contributed by atoms with Crippen LogP contribution in [-0.2, 0) is 6.18 Å². The van der Waals surface area contributed by atoms with E-state index in [1.54, 1.807) is 6.20 Å². The number of nitrogen functional groups attached to an aromatic ring is 2. The van der Waals surface area contributed by atoms with Gasteiger partial charge in [-0.2, -0.15) is 18.2 Å². The molecule has 7 nitrogen and oxygen atoms in total. The van der Waals surface area contributed by atoms with Crippen molar-refractivity contribution in [3.8, 4) is 0 Å². The van der Waals surface area contributed by atoms with E-state index in [0.717, 1.165) is 6.07 Å². The van der Waals surface area contributed by atoms with Crippen molar-refractivity contribution in [1.29, 1.82) is 0 Å². The molecule has 128 valence electrons. The van der Waals surface area contributed by atoms with Gasteiger partial charge in [-0.3, -0.25) is 0 Å². The van der Waals surface area contributed by atoms with Gasteiger partial charge in [0.2, 0.25) is 5.95 Å². The topological polar surface area (TPSA) is 97.2 Å². The normalized spacial score (nSPS) is 15.6. The van der Waals surface area contributed by atoms with E-state index >= 15 is 0 Å². The second kappa shape index (κ2) is 6.02. The maximum absolute atomic E-state index is 12.6. The highest BCUT2D eigenvalue weighted by Crippen LogP contribution is 2.29. The summed E-state index contributed by atoms with van der Waals surface area (Å²) in [6, 6.07) is 2.43. The molecule has 0 bridgehead atoms. The van der Waals surface area contributed by atoms with Gasteiger partial charge < -0.3 is 21.3 Å². The van der Waals surface area contributed by atoms with Gasteiger partial charge in [-0.15, -0.1) is 0 Å². The van der Waals surface area contributed by atoms with Crippen LogP contribution < -0.4 is 21.3 Å². The van der Waals surface area contributed by atoms with Crippen LogP contribution in [0.2, 0.25) is 0 Å². The van der Waals surface area contributed by atoms with Gasteiger partial charge in [-0.05, 0) is 12.1 Å². The zero-order chi connectivity index (χ0) is 17.3. The molecule has 0 aromatic carbocycles. The van der Waals surface area contributed by atoms with Crippen LogP contribution in [-0.4, -0.2) is 41.1 Å². The standard InChI is InChI=1S/C14H16F3N7/c15-14(16,17)11-2-1-9(7-20-11)23-3-5-24(6-4-23)10-8-21-13(19)22-12(10)18/h1-2,7-8H,3-6H2,(H4,18,19,21,22). The summed E-state index contributed by atoms with van der Waals surface area (Å²) >= 11 is 0. The molecule has 1 saturated heterocycles. The fourth-order valence-electron chi connectivity index (χ4n) is 2.59. The summed E-state index contributed by atoms with van der Waals surface area (Å²) in [5.41, 5.74) is 11.8. The summed E-state index contributed by atoms with van der Waals surface area (Å²) < 4.78 is 37.7. The van der Waals surface area contributed by atoms with E-state index < -0.39 is 11.9 Å². The number of alkyl halides is 3. The summed E-state index contributed by atoms with van der Waals surface area (Å²) in [6.45, 7) is 2.52. The van der Waals surface area contributed by atoms with E-state index in [1.165, 1.54) is 12.3 Å². The van der Waals surface area contributed by atoms with Crippen molar-refractivity contribution in [2.75, 3.05) is 47.4 Å². The Morgan fingerprint density at radius 1 is 0.917 bits per heavy atom. The third-order valence-corrected chi connectivity index (χ3v) is 3.84. The van der Waals surface area contributed by atoms with E-state index in [2.05, 4.69) is 15.0 Å². The molecule has 0 aliphatic carbocycles. The van der Waals surface area contributed by atoms with Crippen molar-refractivity contribution in [2.45, 2.75) is 6.18 Å². The van der Waals surface area contributed by atoms with Crippen LogP contribution in [0.15, 0.2) is 24.5 Å². The van der Waals surface area contributed by atoms with E-state index in [0.29, 0.717) is 43.4 Å². The SMILES string of the molecule is Nc1ncc(N2CCN(c3ccc(C(F)(F)F)nc3)CC2)c(N)n1. The zero-order valence-electron chi connectivity index (χ0n) is 12.7. The largest absolute Gasteiger partial charge is 0.433 e. The van der Waals surface area contributed by atoms with Crippen LogP contribution >= 0.6 is 0 Å². The lowest BCUT2D eigenvalue weighted by atomic mass is 10.2. The molecule has 4 N–H and O–H groups in total. The molecule has 0 radical (unpaired) electrons. The first kappa shape index (κ1) is 16.1. The first-order chi connectivity index (χ1) is 11.3. The lowest BCUT2D eigenvalue weighted by Crippen LogP contribution is -2.47. The molecule has 0 amide bonds. The average Bonchev–Trinajstić information content (AvgIpc) is 2.54. The molecular weight excluding hydrogens is 323 g/mol. The third kappa shape index (κ3) is 3.26. The Balaban J connectivity index is 1.66. The van der Waals surface area contributed by atoms with Crippen molar-refractivity contribution in [2.24, 2.45) is 0 Å². The predicted octanol–water partition coefficient (Wildman–Crippen LogP) is 1.38. The minimum Gasteiger partial charge on any atom is -0.382 e. The highest BCUT2D eigenvalue weighted by atomic mass is 19.4. The molecule has 1 fully saturated rings. The number of nitrogens with two attached hydrogens (primary N) is 2. The fourth-order valence-corrected chi connectivity index (χ4v) is 2.59. The van der Waals surface area contributed by atoms with Crippen molar-refractivity contribution in [1.82, 2.24) is 15.0 Å². The third-order valence-electron chi connectivity index (χ3n) is 3.84. The summed E-state index contributed by atoms with van der Waals surface area (Å²) in [4.78, 5) is 15.4. The monoisotopic (exact) mass is 339 g/mol. The number of hydrogen-bond acceptors (Lipinski definition) is 7. The van der Waals surface area contributed by atoms with Crippen molar-refractivity contribution in [3.63, 3.8) is 0 Å². The van der Waals surface area contributed by atoms with Gasteiger partial charge in [-0.1, -0.05) is 0 Å². The number of halogens is 3. The molecular formula is C14H16F3N7. The van der Waals surface area contributed by atoms with Gasteiger partial charge in [0, 0.05) is 26.2 Å². The zero-order valence-corrected chi connectivity index (χ0v) is 12.7. The van der Waals surface area contributed by atoms with Crippen molar-refractivity contribution in [3.05, 3.63) is 30.2 Å². The number of aromatic nitrogens is 3. The highest BCUT2D eigenvalue weighted by molar-refractivity contribution is 5.64. The molecule has 0 atom stereocenters. The maximum Gasteiger partial charge on any atom is 0.433 e. The Morgan fingerprint density at radius 2 is 1.58 bits per heavy atom. The molecule has 2 aromatic rings. The second-order valence-electron chi connectivity index (χ2n) is 5.37. The van der Waals surface area contributed by atoms with Gasteiger partial charge >= 0.3 is 6.18 Å².